The van der Waals surface area contributed by atoms with Crippen LogP contribution in [0.2, 0.25) is 0 Å². The van der Waals surface area contributed by atoms with E-state index in [4.69, 9.17) is 0 Å². The zero-order valence-electron chi connectivity index (χ0n) is 8.25. The maximum atomic E-state index is 11.4. The fourth-order valence-electron chi connectivity index (χ4n) is 1.74. The molecule has 0 aromatic heterocycles. The first-order chi connectivity index (χ1) is 6.65. The van der Waals surface area contributed by atoms with Crippen LogP contribution < -0.4 is 0 Å². The fourth-order valence-corrected chi connectivity index (χ4v) is 1.74. The first-order valence-corrected chi connectivity index (χ1v) is 4.79. The summed E-state index contributed by atoms with van der Waals surface area (Å²) >= 11 is 0. The molecule has 0 heterocycles. The summed E-state index contributed by atoms with van der Waals surface area (Å²) in [4.78, 5) is 33.2. The first kappa shape index (κ1) is 10.9. The second-order valence-corrected chi connectivity index (χ2v) is 3.54. The van der Waals surface area contributed by atoms with E-state index in [2.05, 4.69) is 4.74 Å². The Morgan fingerprint density at radius 2 is 1.79 bits per heavy atom. The van der Waals surface area contributed by atoms with E-state index in [0.29, 0.717) is 0 Å². The molecule has 1 fully saturated rings. The molecule has 1 rings (SSSR count). The molecule has 4 nitrogen and oxygen atoms in total. The van der Waals surface area contributed by atoms with Gasteiger partial charge in [0.2, 0.25) is 5.78 Å². The molecule has 1 aliphatic rings. The quantitative estimate of drug-likeness (QED) is 0.382. The number of ketones is 2. The van der Waals surface area contributed by atoms with Crippen LogP contribution in [0.4, 0.5) is 0 Å². The molecule has 0 bridgehead atoms. The zero-order chi connectivity index (χ0) is 10.6. The molecule has 78 valence electrons. The van der Waals surface area contributed by atoms with Crippen molar-refractivity contribution in [3.05, 3.63) is 0 Å². The van der Waals surface area contributed by atoms with Crippen molar-refractivity contribution in [2.45, 2.75) is 32.1 Å². The standard InChI is InChI=1S/C10H14O4/c1-14-10(13)9(12)6-8(11)7-4-2-3-5-7/h7H,2-6H2,1H3. The normalized spacial score (nSPS) is 16.6. The van der Waals surface area contributed by atoms with Crippen molar-refractivity contribution < 1.29 is 19.1 Å². The number of rotatable bonds is 4. The van der Waals surface area contributed by atoms with E-state index in [1.54, 1.807) is 0 Å². The summed E-state index contributed by atoms with van der Waals surface area (Å²) in [5.41, 5.74) is 0. The Kier molecular flexibility index (Phi) is 3.80. The van der Waals surface area contributed by atoms with Gasteiger partial charge in [-0.1, -0.05) is 12.8 Å². The topological polar surface area (TPSA) is 60.4 Å². The number of Topliss-reactive ketones (excluding diaryl/α,β-unsaturated/α-hetero) is 2. The highest BCUT2D eigenvalue weighted by atomic mass is 16.5. The van der Waals surface area contributed by atoms with Crippen molar-refractivity contribution in [3.8, 4) is 0 Å². The van der Waals surface area contributed by atoms with Crippen molar-refractivity contribution >= 4 is 17.5 Å². The second kappa shape index (κ2) is 4.88. The van der Waals surface area contributed by atoms with Gasteiger partial charge in [0.15, 0.2) is 0 Å². The van der Waals surface area contributed by atoms with E-state index in [-0.39, 0.29) is 18.1 Å². The number of esters is 1. The van der Waals surface area contributed by atoms with Gasteiger partial charge in [-0.3, -0.25) is 9.59 Å². The van der Waals surface area contributed by atoms with Crippen LogP contribution in [0.3, 0.4) is 0 Å². The maximum Gasteiger partial charge on any atom is 0.374 e. The lowest BCUT2D eigenvalue weighted by atomic mass is 9.98. The van der Waals surface area contributed by atoms with Crippen LogP contribution in [0.25, 0.3) is 0 Å². The van der Waals surface area contributed by atoms with Gasteiger partial charge in [0.25, 0.3) is 0 Å². The van der Waals surface area contributed by atoms with Gasteiger partial charge >= 0.3 is 5.97 Å². The summed E-state index contributed by atoms with van der Waals surface area (Å²) in [7, 11) is 1.14. The Morgan fingerprint density at radius 1 is 1.21 bits per heavy atom. The smallest absolute Gasteiger partial charge is 0.374 e. The van der Waals surface area contributed by atoms with E-state index in [9.17, 15) is 14.4 Å². The van der Waals surface area contributed by atoms with Crippen LogP contribution in [-0.2, 0) is 19.1 Å². The predicted octanol–water partition coefficient (Wildman–Crippen LogP) is 0.878. The highest BCUT2D eigenvalue weighted by molar-refractivity contribution is 6.37. The van der Waals surface area contributed by atoms with Gasteiger partial charge in [0, 0.05) is 5.92 Å². The van der Waals surface area contributed by atoms with E-state index in [1.807, 2.05) is 0 Å². The van der Waals surface area contributed by atoms with E-state index < -0.39 is 11.8 Å². The monoisotopic (exact) mass is 198 g/mol. The summed E-state index contributed by atoms with van der Waals surface area (Å²) in [5.74, 6) is -1.78. The number of hydrogen-bond donors (Lipinski definition) is 0. The molecule has 0 N–H and O–H groups in total. The van der Waals surface area contributed by atoms with Crippen LogP contribution in [-0.4, -0.2) is 24.6 Å². The van der Waals surface area contributed by atoms with Gasteiger partial charge in [-0.15, -0.1) is 0 Å². The molecule has 0 radical (unpaired) electrons. The van der Waals surface area contributed by atoms with E-state index in [0.717, 1.165) is 32.8 Å². The molecule has 0 aromatic carbocycles. The molecule has 1 saturated carbocycles. The summed E-state index contributed by atoms with van der Waals surface area (Å²) in [6.07, 6.45) is 3.50. The number of methoxy groups -OCH3 is 1. The third-order valence-corrected chi connectivity index (χ3v) is 2.56. The van der Waals surface area contributed by atoms with Gasteiger partial charge in [-0.25, -0.2) is 4.79 Å². The van der Waals surface area contributed by atoms with Crippen LogP contribution in [0, 0.1) is 5.92 Å². The minimum Gasteiger partial charge on any atom is -0.463 e. The zero-order valence-corrected chi connectivity index (χ0v) is 8.25. The van der Waals surface area contributed by atoms with Crippen molar-refractivity contribution in [1.29, 1.82) is 0 Å². The van der Waals surface area contributed by atoms with Gasteiger partial charge < -0.3 is 4.74 Å². The second-order valence-electron chi connectivity index (χ2n) is 3.54. The van der Waals surface area contributed by atoms with Crippen molar-refractivity contribution in [2.24, 2.45) is 5.92 Å². The summed E-state index contributed by atoms with van der Waals surface area (Å²) in [6, 6.07) is 0. The van der Waals surface area contributed by atoms with Crippen molar-refractivity contribution in [3.63, 3.8) is 0 Å². The molecule has 0 atom stereocenters. The molecule has 0 saturated heterocycles. The number of carbonyl (C=O) groups excluding carboxylic acids is 3. The lowest BCUT2D eigenvalue weighted by Gasteiger charge is -2.05. The molecule has 0 spiro atoms. The van der Waals surface area contributed by atoms with E-state index >= 15 is 0 Å². The Labute approximate surface area is 82.6 Å². The van der Waals surface area contributed by atoms with Crippen LogP contribution >= 0.6 is 0 Å². The molecule has 0 unspecified atom stereocenters. The Hall–Kier alpha value is -1.19. The lowest BCUT2D eigenvalue weighted by molar-refractivity contribution is -0.152. The molecule has 1 aliphatic carbocycles. The number of carbonyl (C=O) groups is 3. The maximum absolute atomic E-state index is 11.4. The van der Waals surface area contributed by atoms with E-state index in [1.165, 1.54) is 0 Å². The summed E-state index contributed by atoms with van der Waals surface area (Å²) in [6.45, 7) is 0. The molecule has 0 aromatic rings. The third kappa shape index (κ3) is 2.65. The molecular formula is C10H14O4. The SMILES string of the molecule is COC(=O)C(=O)CC(=O)C1CCCC1. The molecule has 0 aliphatic heterocycles. The average Bonchev–Trinajstić information content (AvgIpc) is 2.69. The van der Waals surface area contributed by atoms with Gasteiger partial charge in [0.05, 0.1) is 13.5 Å². The predicted molar refractivity (Wildman–Crippen MR) is 48.6 cm³/mol. The van der Waals surface area contributed by atoms with Gasteiger partial charge in [-0.2, -0.15) is 0 Å². The van der Waals surface area contributed by atoms with Crippen LogP contribution in [0.5, 0.6) is 0 Å². The Balaban J connectivity index is 2.39. The number of ether oxygens (including phenoxy) is 1. The molecule has 4 heteroatoms. The van der Waals surface area contributed by atoms with Crippen LogP contribution in [0.1, 0.15) is 32.1 Å². The number of hydrogen-bond acceptors (Lipinski definition) is 4. The van der Waals surface area contributed by atoms with Crippen molar-refractivity contribution in [1.82, 2.24) is 0 Å². The van der Waals surface area contributed by atoms with Gasteiger partial charge in [-0.05, 0) is 12.8 Å². The first-order valence-electron chi connectivity index (χ1n) is 4.79. The molecule has 14 heavy (non-hydrogen) atoms. The highest BCUT2D eigenvalue weighted by Gasteiger charge is 2.26. The minimum absolute atomic E-state index is 0.0105. The lowest BCUT2D eigenvalue weighted by Crippen LogP contribution is -2.22. The fraction of sp³-hybridized carbons (Fsp3) is 0.700. The Bertz CT molecular complexity index is 251. The summed E-state index contributed by atoms with van der Waals surface area (Å²) < 4.78 is 4.23. The third-order valence-electron chi connectivity index (χ3n) is 2.56. The Morgan fingerprint density at radius 3 is 2.29 bits per heavy atom. The highest BCUT2D eigenvalue weighted by Crippen LogP contribution is 2.26. The minimum atomic E-state index is -0.920. The summed E-state index contributed by atoms with van der Waals surface area (Å²) in [5, 5.41) is 0. The largest absolute Gasteiger partial charge is 0.463 e. The molecule has 0 amide bonds. The molecular weight excluding hydrogens is 184 g/mol. The van der Waals surface area contributed by atoms with Crippen molar-refractivity contribution in [2.75, 3.05) is 7.11 Å². The van der Waals surface area contributed by atoms with Crippen LogP contribution in [0.15, 0.2) is 0 Å². The average molecular weight is 198 g/mol. The van der Waals surface area contributed by atoms with Gasteiger partial charge in [0.1, 0.15) is 5.78 Å².